The molecule has 0 atom stereocenters. The van der Waals surface area contributed by atoms with Crippen molar-refractivity contribution in [3.8, 4) is 0 Å². The first-order valence-corrected chi connectivity index (χ1v) is 10.3. The van der Waals surface area contributed by atoms with Crippen LogP contribution in [0.25, 0.3) is 5.65 Å². The van der Waals surface area contributed by atoms with Gasteiger partial charge in [0, 0.05) is 23.6 Å². The minimum atomic E-state index is -0.101. The average Bonchev–Trinajstić information content (AvgIpc) is 3.22. The predicted octanol–water partition coefficient (Wildman–Crippen LogP) is 3.99. The summed E-state index contributed by atoms with van der Waals surface area (Å²) < 4.78 is 8.17. The first-order valence-electron chi connectivity index (χ1n) is 10.3. The van der Waals surface area contributed by atoms with Crippen LogP contribution in [0.4, 0.5) is 0 Å². The standard InChI is InChI=1S/C22H31N3O2/c1-14-17-6-5-7-19(17)24-20-18(12-13-25(14)20)21(26)23-15-8-10-16(11-9-15)27-22(2,3)4/h12-13,15-16H,5-11H2,1-4H3,(H,23,26). The minimum Gasteiger partial charge on any atom is -0.373 e. The normalized spacial score (nSPS) is 22.8. The maximum absolute atomic E-state index is 12.9. The second kappa shape index (κ2) is 6.93. The van der Waals surface area contributed by atoms with Crippen LogP contribution in [0.5, 0.6) is 0 Å². The van der Waals surface area contributed by atoms with Crippen LogP contribution in [0.2, 0.25) is 0 Å². The Hall–Kier alpha value is -1.88. The molecule has 1 N–H and O–H groups in total. The number of fused-ring (bicyclic) bond motifs is 2. The van der Waals surface area contributed by atoms with Crippen LogP contribution in [-0.4, -0.2) is 33.0 Å². The molecule has 5 nitrogen and oxygen atoms in total. The smallest absolute Gasteiger partial charge is 0.255 e. The van der Waals surface area contributed by atoms with E-state index in [2.05, 4.69) is 37.4 Å². The van der Waals surface area contributed by atoms with Gasteiger partial charge in [-0.15, -0.1) is 0 Å². The van der Waals surface area contributed by atoms with Gasteiger partial charge in [0.25, 0.3) is 5.91 Å². The zero-order chi connectivity index (χ0) is 19.2. The fraction of sp³-hybridized carbons (Fsp3) is 0.636. The van der Waals surface area contributed by atoms with Gasteiger partial charge in [-0.25, -0.2) is 4.98 Å². The summed E-state index contributed by atoms with van der Waals surface area (Å²) in [5.74, 6) is 0.00235. The number of nitrogens with zero attached hydrogens (tertiary/aromatic N) is 2. The van der Waals surface area contributed by atoms with Crippen LogP contribution in [0, 0.1) is 6.92 Å². The Morgan fingerprint density at radius 1 is 1.22 bits per heavy atom. The number of ether oxygens (including phenoxy) is 1. The molecule has 2 heterocycles. The van der Waals surface area contributed by atoms with Crippen LogP contribution in [-0.2, 0) is 17.6 Å². The highest BCUT2D eigenvalue weighted by molar-refractivity contribution is 6.00. The van der Waals surface area contributed by atoms with E-state index >= 15 is 0 Å². The Morgan fingerprint density at radius 3 is 2.67 bits per heavy atom. The maximum atomic E-state index is 12.9. The summed E-state index contributed by atoms with van der Waals surface area (Å²) in [5, 5.41) is 3.24. The monoisotopic (exact) mass is 369 g/mol. The molecular weight excluding hydrogens is 338 g/mol. The molecule has 146 valence electrons. The molecule has 1 saturated carbocycles. The van der Waals surface area contributed by atoms with Crippen molar-refractivity contribution in [1.82, 2.24) is 14.7 Å². The molecule has 0 aliphatic heterocycles. The first-order chi connectivity index (χ1) is 12.8. The van der Waals surface area contributed by atoms with Crippen molar-refractivity contribution in [1.29, 1.82) is 0 Å². The van der Waals surface area contributed by atoms with Gasteiger partial charge < -0.3 is 14.5 Å². The fourth-order valence-corrected chi connectivity index (χ4v) is 4.59. The predicted molar refractivity (Wildman–Crippen MR) is 106 cm³/mol. The summed E-state index contributed by atoms with van der Waals surface area (Å²) in [4.78, 5) is 17.7. The van der Waals surface area contributed by atoms with Crippen molar-refractivity contribution in [2.24, 2.45) is 0 Å². The lowest BCUT2D eigenvalue weighted by Gasteiger charge is -2.33. The van der Waals surface area contributed by atoms with Crippen molar-refractivity contribution in [3.05, 3.63) is 34.8 Å². The summed E-state index contributed by atoms with van der Waals surface area (Å²) in [7, 11) is 0. The molecule has 1 fully saturated rings. The van der Waals surface area contributed by atoms with E-state index < -0.39 is 0 Å². The zero-order valence-corrected chi connectivity index (χ0v) is 17.0. The van der Waals surface area contributed by atoms with E-state index in [-0.39, 0.29) is 17.6 Å². The van der Waals surface area contributed by atoms with Crippen LogP contribution < -0.4 is 5.32 Å². The Kier molecular flexibility index (Phi) is 4.75. The first kappa shape index (κ1) is 18.5. The van der Waals surface area contributed by atoms with Gasteiger partial charge in [-0.1, -0.05) is 0 Å². The number of hydrogen-bond donors (Lipinski definition) is 1. The molecule has 4 rings (SSSR count). The highest BCUT2D eigenvalue weighted by atomic mass is 16.5. The number of rotatable bonds is 3. The van der Waals surface area contributed by atoms with Crippen molar-refractivity contribution >= 4 is 11.6 Å². The van der Waals surface area contributed by atoms with E-state index in [1.54, 1.807) is 0 Å². The Bertz CT molecular complexity index is 855. The lowest BCUT2D eigenvalue weighted by molar-refractivity contribution is -0.0757. The number of carbonyl (C=O) groups excluding carboxylic acids is 1. The summed E-state index contributed by atoms with van der Waals surface area (Å²) in [6, 6.07) is 2.14. The third-order valence-electron chi connectivity index (χ3n) is 5.86. The highest BCUT2D eigenvalue weighted by Crippen LogP contribution is 2.28. The molecule has 2 aromatic rings. The quantitative estimate of drug-likeness (QED) is 0.890. The van der Waals surface area contributed by atoms with Crippen molar-refractivity contribution in [2.45, 2.75) is 90.4 Å². The molecule has 0 radical (unpaired) electrons. The number of amides is 1. The van der Waals surface area contributed by atoms with E-state index in [4.69, 9.17) is 9.72 Å². The molecule has 2 aromatic heterocycles. The van der Waals surface area contributed by atoms with E-state index in [1.165, 1.54) is 17.0 Å². The van der Waals surface area contributed by atoms with E-state index in [0.717, 1.165) is 50.6 Å². The number of carbonyl (C=O) groups is 1. The molecule has 2 aliphatic rings. The molecular formula is C22H31N3O2. The van der Waals surface area contributed by atoms with Crippen LogP contribution in [0.3, 0.4) is 0 Å². The molecule has 0 saturated heterocycles. The molecule has 2 aliphatic carbocycles. The van der Waals surface area contributed by atoms with Gasteiger partial charge >= 0.3 is 0 Å². The zero-order valence-electron chi connectivity index (χ0n) is 17.0. The molecule has 0 aromatic carbocycles. The summed E-state index contributed by atoms with van der Waals surface area (Å²) in [6.45, 7) is 8.44. The second-order valence-electron chi connectivity index (χ2n) is 9.08. The lowest BCUT2D eigenvalue weighted by Crippen LogP contribution is -2.40. The average molecular weight is 370 g/mol. The van der Waals surface area contributed by atoms with E-state index in [0.29, 0.717) is 11.7 Å². The minimum absolute atomic E-state index is 0.00235. The molecule has 1 amide bonds. The van der Waals surface area contributed by atoms with Gasteiger partial charge in [0.05, 0.1) is 17.3 Å². The molecule has 27 heavy (non-hydrogen) atoms. The number of nitrogens with one attached hydrogen (secondary N) is 1. The molecule has 0 unspecified atom stereocenters. The summed E-state index contributed by atoms with van der Waals surface area (Å²) >= 11 is 0. The summed E-state index contributed by atoms with van der Waals surface area (Å²) in [5.41, 5.74) is 5.16. The Morgan fingerprint density at radius 2 is 1.96 bits per heavy atom. The SMILES string of the molecule is Cc1c2c(nc3c(C(=O)NC4CCC(OC(C)(C)C)CC4)ccn13)CCC2. The van der Waals surface area contributed by atoms with Crippen LogP contribution in [0.15, 0.2) is 12.3 Å². The van der Waals surface area contributed by atoms with Gasteiger partial charge in [-0.2, -0.15) is 0 Å². The lowest BCUT2D eigenvalue weighted by atomic mass is 9.92. The van der Waals surface area contributed by atoms with Crippen molar-refractivity contribution < 1.29 is 9.53 Å². The highest BCUT2D eigenvalue weighted by Gasteiger charge is 2.27. The largest absolute Gasteiger partial charge is 0.373 e. The van der Waals surface area contributed by atoms with E-state index in [1.807, 2.05) is 12.3 Å². The molecule has 0 spiro atoms. The topological polar surface area (TPSA) is 55.6 Å². The fourth-order valence-electron chi connectivity index (χ4n) is 4.59. The van der Waals surface area contributed by atoms with Crippen LogP contribution in [0.1, 0.15) is 80.2 Å². The molecule has 5 heteroatoms. The van der Waals surface area contributed by atoms with Gasteiger partial charge in [-0.3, -0.25) is 4.79 Å². The third kappa shape index (κ3) is 3.75. The Labute approximate surface area is 161 Å². The second-order valence-corrected chi connectivity index (χ2v) is 9.08. The number of aryl methyl sites for hydroxylation is 2. The van der Waals surface area contributed by atoms with Gasteiger partial charge in [0.1, 0.15) is 5.65 Å². The van der Waals surface area contributed by atoms with Gasteiger partial charge in [-0.05, 0) is 84.3 Å². The van der Waals surface area contributed by atoms with E-state index in [9.17, 15) is 4.79 Å². The third-order valence-corrected chi connectivity index (χ3v) is 5.86. The van der Waals surface area contributed by atoms with Crippen molar-refractivity contribution in [2.75, 3.05) is 0 Å². The van der Waals surface area contributed by atoms with Gasteiger partial charge in [0.15, 0.2) is 0 Å². The molecule has 0 bridgehead atoms. The maximum Gasteiger partial charge on any atom is 0.255 e. The van der Waals surface area contributed by atoms with Crippen LogP contribution >= 0.6 is 0 Å². The van der Waals surface area contributed by atoms with Crippen molar-refractivity contribution in [3.63, 3.8) is 0 Å². The number of aromatic nitrogens is 2. The number of hydrogen-bond acceptors (Lipinski definition) is 3. The summed E-state index contributed by atoms with van der Waals surface area (Å²) in [6.07, 6.45) is 9.53. The Balaban J connectivity index is 1.45. The van der Waals surface area contributed by atoms with Gasteiger partial charge in [0.2, 0.25) is 0 Å².